The number of nitrogens with one attached hydrogen (secondary N) is 2. The smallest absolute Gasteiger partial charge is 0.328 e. The van der Waals surface area contributed by atoms with Crippen LogP contribution in [0.1, 0.15) is 47.0 Å². The lowest BCUT2D eigenvalue weighted by atomic mass is 10.1. The quantitative estimate of drug-likeness (QED) is 0.440. The molecule has 0 bridgehead atoms. The van der Waals surface area contributed by atoms with E-state index < -0.39 is 5.60 Å². The summed E-state index contributed by atoms with van der Waals surface area (Å²) in [6, 6.07) is 0. The maximum Gasteiger partial charge on any atom is 0.328 e. The Balaban J connectivity index is 2.33. The van der Waals surface area contributed by atoms with Gasteiger partial charge in [-0.25, -0.2) is 4.99 Å². The molecule has 0 unspecified atom stereocenters. The highest BCUT2D eigenvalue weighted by Gasteiger charge is 2.16. The number of esters is 1. The monoisotopic (exact) mass is 312 g/mol. The first-order chi connectivity index (χ1) is 10.4. The fourth-order valence-corrected chi connectivity index (χ4v) is 2.37. The molecule has 0 aliphatic carbocycles. The van der Waals surface area contributed by atoms with Gasteiger partial charge < -0.3 is 20.3 Å². The molecule has 0 radical (unpaired) electrons. The van der Waals surface area contributed by atoms with Crippen molar-refractivity contribution < 1.29 is 9.53 Å². The molecule has 1 heterocycles. The number of carbonyl (C=O) groups excluding carboxylic acids is 1. The Hall–Kier alpha value is -1.30. The van der Waals surface area contributed by atoms with Crippen LogP contribution in [0.2, 0.25) is 0 Å². The molecule has 6 heteroatoms. The zero-order chi connectivity index (χ0) is 16.4. The van der Waals surface area contributed by atoms with Crippen LogP contribution in [-0.4, -0.2) is 61.7 Å². The molecule has 0 amide bonds. The van der Waals surface area contributed by atoms with E-state index in [-0.39, 0.29) is 12.5 Å². The van der Waals surface area contributed by atoms with Crippen molar-refractivity contribution in [2.75, 3.05) is 39.3 Å². The van der Waals surface area contributed by atoms with Crippen LogP contribution in [0.15, 0.2) is 4.99 Å². The van der Waals surface area contributed by atoms with E-state index in [2.05, 4.69) is 20.5 Å². The van der Waals surface area contributed by atoms with Crippen molar-refractivity contribution in [2.45, 2.75) is 52.6 Å². The van der Waals surface area contributed by atoms with Crippen molar-refractivity contribution in [3.05, 3.63) is 0 Å². The molecular formula is C16H32N4O2. The molecule has 128 valence electrons. The van der Waals surface area contributed by atoms with Crippen LogP contribution in [0.4, 0.5) is 0 Å². The van der Waals surface area contributed by atoms with Crippen LogP contribution < -0.4 is 10.6 Å². The highest BCUT2D eigenvalue weighted by Crippen LogP contribution is 2.07. The van der Waals surface area contributed by atoms with Crippen LogP contribution in [0.25, 0.3) is 0 Å². The molecule has 1 rings (SSSR count). The molecule has 22 heavy (non-hydrogen) atoms. The van der Waals surface area contributed by atoms with Crippen LogP contribution >= 0.6 is 0 Å². The van der Waals surface area contributed by atoms with Crippen molar-refractivity contribution in [2.24, 2.45) is 4.99 Å². The van der Waals surface area contributed by atoms with Crippen LogP contribution in [0.5, 0.6) is 0 Å². The average Bonchev–Trinajstić information content (AvgIpc) is 2.44. The van der Waals surface area contributed by atoms with E-state index in [9.17, 15) is 4.79 Å². The molecule has 1 fully saturated rings. The second kappa shape index (κ2) is 9.66. The minimum absolute atomic E-state index is 0.0380. The van der Waals surface area contributed by atoms with Gasteiger partial charge in [0.1, 0.15) is 12.1 Å². The molecule has 2 N–H and O–H groups in total. The first-order valence-electron chi connectivity index (χ1n) is 8.37. The molecule has 0 saturated carbocycles. The third-order valence-corrected chi connectivity index (χ3v) is 3.30. The summed E-state index contributed by atoms with van der Waals surface area (Å²) in [6.07, 6.45) is 3.95. The number of rotatable bonds is 6. The van der Waals surface area contributed by atoms with Gasteiger partial charge in [-0.1, -0.05) is 6.42 Å². The van der Waals surface area contributed by atoms with Gasteiger partial charge in [-0.2, -0.15) is 0 Å². The first-order valence-corrected chi connectivity index (χ1v) is 8.37. The third kappa shape index (κ3) is 8.87. The average molecular weight is 312 g/mol. The molecule has 1 aliphatic heterocycles. The normalized spacial score (nSPS) is 17.2. The lowest BCUT2D eigenvalue weighted by Gasteiger charge is -2.26. The standard InChI is InChI=1S/C16H32N4O2/c1-5-17-15(19-13-14(21)22-16(2,3)4)18-9-12-20-10-7-6-8-11-20/h5-13H2,1-4H3,(H2,17,18,19). The molecule has 0 spiro atoms. The second-order valence-electron chi connectivity index (χ2n) is 6.61. The second-order valence-corrected chi connectivity index (χ2v) is 6.61. The lowest BCUT2D eigenvalue weighted by Crippen LogP contribution is -2.43. The highest BCUT2D eigenvalue weighted by molar-refractivity contribution is 5.83. The number of nitrogens with zero attached hydrogens (tertiary/aromatic N) is 2. The number of guanidine groups is 1. The number of hydrogen-bond acceptors (Lipinski definition) is 4. The number of piperidine rings is 1. The number of ether oxygens (including phenoxy) is 1. The predicted octanol–water partition coefficient (Wildman–Crippen LogP) is 1.37. The van der Waals surface area contributed by atoms with E-state index in [1.165, 1.54) is 32.4 Å². The fourth-order valence-electron chi connectivity index (χ4n) is 2.37. The lowest BCUT2D eigenvalue weighted by molar-refractivity contribution is -0.152. The van der Waals surface area contributed by atoms with E-state index in [0.29, 0.717) is 5.96 Å². The maximum absolute atomic E-state index is 11.7. The van der Waals surface area contributed by atoms with Crippen molar-refractivity contribution in [3.63, 3.8) is 0 Å². The largest absolute Gasteiger partial charge is 0.459 e. The van der Waals surface area contributed by atoms with Gasteiger partial charge in [-0.05, 0) is 53.6 Å². The third-order valence-electron chi connectivity index (χ3n) is 3.30. The summed E-state index contributed by atoms with van der Waals surface area (Å²) in [7, 11) is 0. The van der Waals surface area contributed by atoms with Crippen molar-refractivity contribution in [3.8, 4) is 0 Å². The van der Waals surface area contributed by atoms with Crippen LogP contribution in [0, 0.1) is 0 Å². The minimum Gasteiger partial charge on any atom is -0.459 e. The molecule has 1 aliphatic rings. The summed E-state index contributed by atoms with van der Waals surface area (Å²) in [4.78, 5) is 18.4. The molecule has 0 aromatic heterocycles. The van der Waals surface area contributed by atoms with Crippen molar-refractivity contribution in [1.29, 1.82) is 0 Å². The summed E-state index contributed by atoms with van der Waals surface area (Å²) < 4.78 is 5.26. The Morgan fingerprint density at radius 3 is 2.45 bits per heavy atom. The maximum atomic E-state index is 11.7. The van der Waals surface area contributed by atoms with E-state index in [1.807, 2.05) is 27.7 Å². The van der Waals surface area contributed by atoms with Gasteiger partial charge in [0.2, 0.25) is 0 Å². The van der Waals surface area contributed by atoms with Gasteiger partial charge in [0.05, 0.1) is 0 Å². The fraction of sp³-hybridized carbons (Fsp3) is 0.875. The van der Waals surface area contributed by atoms with Gasteiger partial charge >= 0.3 is 5.97 Å². The Morgan fingerprint density at radius 2 is 1.86 bits per heavy atom. The Kier molecular flexibility index (Phi) is 8.24. The predicted molar refractivity (Wildman–Crippen MR) is 90.1 cm³/mol. The number of carbonyl (C=O) groups is 1. The van der Waals surface area contributed by atoms with Gasteiger partial charge in [-0.15, -0.1) is 0 Å². The Bertz CT molecular complexity index is 358. The van der Waals surface area contributed by atoms with E-state index in [4.69, 9.17) is 4.74 Å². The number of likely N-dealkylation sites (tertiary alicyclic amines) is 1. The summed E-state index contributed by atoms with van der Waals surface area (Å²) >= 11 is 0. The van der Waals surface area contributed by atoms with Crippen LogP contribution in [-0.2, 0) is 9.53 Å². The number of aliphatic imine (C=N–C) groups is 1. The van der Waals surface area contributed by atoms with Gasteiger partial charge in [0.25, 0.3) is 0 Å². The van der Waals surface area contributed by atoms with Gasteiger partial charge in [0, 0.05) is 19.6 Å². The molecular weight excluding hydrogens is 280 g/mol. The molecule has 0 aromatic carbocycles. The van der Waals surface area contributed by atoms with Crippen LogP contribution in [0.3, 0.4) is 0 Å². The summed E-state index contributed by atoms with van der Waals surface area (Å²) in [5.41, 5.74) is -0.466. The molecule has 0 atom stereocenters. The molecule has 1 saturated heterocycles. The SMILES string of the molecule is CCNC(=NCC(=O)OC(C)(C)C)NCCN1CCCCC1. The van der Waals surface area contributed by atoms with Crippen molar-refractivity contribution in [1.82, 2.24) is 15.5 Å². The van der Waals surface area contributed by atoms with E-state index in [0.717, 1.165) is 19.6 Å². The zero-order valence-corrected chi connectivity index (χ0v) is 14.6. The van der Waals surface area contributed by atoms with Gasteiger partial charge in [-0.3, -0.25) is 4.79 Å². The molecule has 6 nitrogen and oxygen atoms in total. The topological polar surface area (TPSA) is 66.0 Å². The highest BCUT2D eigenvalue weighted by atomic mass is 16.6. The van der Waals surface area contributed by atoms with E-state index >= 15 is 0 Å². The summed E-state index contributed by atoms with van der Waals surface area (Å²) in [6.45, 7) is 12.6. The summed E-state index contributed by atoms with van der Waals surface area (Å²) in [5.74, 6) is 0.367. The summed E-state index contributed by atoms with van der Waals surface area (Å²) in [5, 5.41) is 6.43. The van der Waals surface area contributed by atoms with E-state index in [1.54, 1.807) is 0 Å². The number of hydrogen-bond donors (Lipinski definition) is 2. The molecule has 0 aromatic rings. The first kappa shape index (κ1) is 18.7. The minimum atomic E-state index is -0.466. The van der Waals surface area contributed by atoms with Crippen molar-refractivity contribution >= 4 is 11.9 Å². The van der Waals surface area contributed by atoms with Gasteiger partial charge in [0.15, 0.2) is 5.96 Å². The Labute approximate surface area is 134 Å². The zero-order valence-electron chi connectivity index (χ0n) is 14.6. The Morgan fingerprint density at radius 1 is 1.18 bits per heavy atom.